The van der Waals surface area contributed by atoms with Crippen molar-refractivity contribution in [1.82, 2.24) is 9.97 Å². The SMILES string of the molecule is CC(C)(c1nccc(N)n1)C1C2CC3CC(C2)CC1C3. The van der Waals surface area contributed by atoms with Crippen LogP contribution in [0, 0.1) is 29.6 Å². The van der Waals surface area contributed by atoms with Crippen LogP contribution in [0.15, 0.2) is 12.3 Å². The van der Waals surface area contributed by atoms with Crippen molar-refractivity contribution in [2.75, 3.05) is 5.73 Å². The molecule has 3 heteroatoms. The second kappa shape index (κ2) is 4.19. The molecule has 0 aliphatic heterocycles. The van der Waals surface area contributed by atoms with Crippen LogP contribution in [0.25, 0.3) is 0 Å². The van der Waals surface area contributed by atoms with Gasteiger partial charge in [0.1, 0.15) is 11.6 Å². The molecule has 0 amide bonds. The van der Waals surface area contributed by atoms with E-state index >= 15 is 0 Å². The van der Waals surface area contributed by atoms with Crippen molar-refractivity contribution >= 4 is 5.82 Å². The first-order valence-corrected chi connectivity index (χ1v) is 8.13. The molecule has 4 aliphatic rings. The van der Waals surface area contributed by atoms with Crippen LogP contribution < -0.4 is 5.73 Å². The van der Waals surface area contributed by atoms with Crippen LogP contribution in [0.1, 0.15) is 51.8 Å². The number of hydrogen-bond donors (Lipinski definition) is 1. The van der Waals surface area contributed by atoms with Gasteiger partial charge in [0.25, 0.3) is 0 Å². The summed E-state index contributed by atoms with van der Waals surface area (Å²) in [7, 11) is 0. The Hall–Kier alpha value is -1.12. The highest BCUT2D eigenvalue weighted by molar-refractivity contribution is 5.27. The number of nitrogens with two attached hydrogens (primary N) is 1. The molecule has 108 valence electrons. The fourth-order valence-electron chi connectivity index (χ4n) is 5.94. The molecule has 0 spiro atoms. The monoisotopic (exact) mass is 271 g/mol. The molecule has 1 aromatic rings. The number of aromatic nitrogens is 2. The summed E-state index contributed by atoms with van der Waals surface area (Å²) < 4.78 is 0. The summed E-state index contributed by atoms with van der Waals surface area (Å²) in [4.78, 5) is 9.10. The molecule has 0 aromatic carbocycles. The third-order valence-electron chi connectivity index (χ3n) is 6.31. The van der Waals surface area contributed by atoms with Crippen LogP contribution >= 0.6 is 0 Å². The van der Waals surface area contributed by atoms with E-state index in [4.69, 9.17) is 5.73 Å². The Morgan fingerprint density at radius 3 is 2.20 bits per heavy atom. The molecule has 5 rings (SSSR count). The van der Waals surface area contributed by atoms with Gasteiger partial charge in [-0.05, 0) is 67.8 Å². The van der Waals surface area contributed by atoms with Crippen molar-refractivity contribution in [2.45, 2.75) is 51.4 Å². The number of nitrogen functional groups attached to an aromatic ring is 1. The largest absolute Gasteiger partial charge is 0.384 e. The molecule has 4 saturated carbocycles. The van der Waals surface area contributed by atoms with Gasteiger partial charge in [-0.1, -0.05) is 13.8 Å². The molecule has 4 aliphatic carbocycles. The van der Waals surface area contributed by atoms with Crippen molar-refractivity contribution in [3.63, 3.8) is 0 Å². The van der Waals surface area contributed by atoms with Crippen LogP contribution in [0.3, 0.4) is 0 Å². The van der Waals surface area contributed by atoms with Gasteiger partial charge in [0.15, 0.2) is 0 Å². The van der Waals surface area contributed by atoms with E-state index in [1.54, 1.807) is 6.07 Å². The summed E-state index contributed by atoms with van der Waals surface area (Å²) in [5, 5.41) is 0. The third-order valence-corrected chi connectivity index (χ3v) is 6.31. The Morgan fingerprint density at radius 1 is 1.05 bits per heavy atom. The molecule has 0 radical (unpaired) electrons. The summed E-state index contributed by atoms with van der Waals surface area (Å²) in [5.41, 5.74) is 5.93. The molecule has 4 fully saturated rings. The van der Waals surface area contributed by atoms with Gasteiger partial charge in [0.2, 0.25) is 0 Å². The lowest BCUT2D eigenvalue weighted by Crippen LogP contribution is -2.52. The number of anilines is 1. The van der Waals surface area contributed by atoms with Crippen molar-refractivity contribution in [2.24, 2.45) is 29.6 Å². The van der Waals surface area contributed by atoms with E-state index in [2.05, 4.69) is 23.8 Å². The highest BCUT2D eigenvalue weighted by Crippen LogP contribution is 2.60. The van der Waals surface area contributed by atoms with Gasteiger partial charge in [-0.3, -0.25) is 0 Å². The predicted molar refractivity (Wildman–Crippen MR) is 80.0 cm³/mol. The minimum atomic E-state index is 0.0536. The zero-order chi connectivity index (χ0) is 13.9. The zero-order valence-corrected chi connectivity index (χ0v) is 12.5. The normalized spacial score (nSPS) is 39.2. The summed E-state index contributed by atoms with van der Waals surface area (Å²) in [6.07, 6.45) is 9.12. The van der Waals surface area contributed by atoms with Gasteiger partial charge in [-0.15, -0.1) is 0 Å². The van der Waals surface area contributed by atoms with Crippen LogP contribution in [0.5, 0.6) is 0 Å². The number of rotatable bonds is 2. The Kier molecular flexibility index (Phi) is 2.64. The molecule has 1 heterocycles. The van der Waals surface area contributed by atoms with E-state index in [9.17, 15) is 0 Å². The Morgan fingerprint density at radius 2 is 1.65 bits per heavy atom. The van der Waals surface area contributed by atoms with Crippen LogP contribution in [-0.2, 0) is 5.41 Å². The van der Waals surface area contributed by atoms with Gasteiger partial charge in [0, 0.05) is 11.6 Å². The Bertz CT molecular complexity index is 495. The van der Waals surface area contributed by atoms with Gasteiger partial charge < -0.3 is 5.73 Å². The zero-order valence-electron chi connectivity index (χ0n) is 12.5. The summed E-state index contributed by atoms with van der Waals surface area (Å²) in [6, 6.07) is 1.79. The van der Waals surface area contributed by atoms with E-state index in [1.165, 1.54) is 32.1 Å². The third kappa shape index (κ3) is 1.78. The maximum absolute atomic E-state index is 5.88. The molecule has 20 heavy (non-hydrogen) atoms. The minimum absolute atomic E-state index is 0.0536. The maximum atomic E-state index is 5.88. The highest BCUT2D eigenvalue weighted by Gasteiger charge is 2.53. The second-order valence-electron chi connectivity index (χ2n) is 7.98. The van der Waals surface area contributed by atoms with Gasteiger partial charge in [-0.2, -0.15) is 0 Å². The van der Waals surface area contributed by atoms with Crippen LogP contribution in [-0.4, -0.2) is 9.97 Å². The van der Waals surface area contributed by atoms with E-state index in [0.717, 1.165) is 35.4 Å². The second-order valence-corrected chi connectivity index (χ2v) is 7.98. The molecule has 4 bridgehead atoms. The summed E-state index contributed by atoms with van der Waals surface area (Å²) in [5.74, 6) is 6.13. The van der Waals surface area contributed by atoms with E-state index in [0.29, 0.717) is 5.82 Å². The molecular formula is C17H25N3. The lowest BCUT2D eigenvalue weighted by molar-refractivity contribution is -0.0666. The van der Waals surface area contributed by atoms with Crippen LogP contribution in [0.4, 0.5) is 5.82 Å². The molecule has 0 saturated heterocycles. The summed E-state index contributed by atoms with van der Waals surface area (Å²) >= 11 is 0. The first-order valence-electron chi connectivity index (χ1n) is 8.13. The predicted octanol–water partition coefficient (Wildman–Crippen LogP) is 3.41. The first-order chi connectivity index (χ1) is 9.54. The molecule has 3 nitrogen and oxygen atoms in total. The fourth-order valence-corrected chi connectivity index (χ4v) is 5.94. The molecule has 1 aromatic heterocycles. The van der Waals surface area contributed by atoms with E-state index in [-0.39, 0.29) is 5.41 Å². The molecule has 0 unspecified atom stereocenters. The Labute approximate surface area is 121 Å². The lowest BCUT2D eigenvalue weighted by Gasteiger charge is -2.58. The van der Waals surface area contributed by atoms with E-state index < -0.39 is 0 Å². The number of nitrogens with zero attached hydrogens (tertiary/aromatic N) is 2. The smallest absolute Gasteiger partial charge is 0.136 e. The highest BCUT2D eigenvalue weighted by atomic mass is 15.0. The standard InChI is InChI=1S/C17H25N3/c1-17(2,16-19-4-3-14(18)20-16)15-12-6-10-5-11(8-12)9-13(15)7-10/h3-4,10-13,15H,5-9H2,1-2H3,(H2,18,19,20). The van der Waals surface area contributed by atoms with Crippen molar-refractivity contribution < 1.29 is 0 Å². The Balaban J connectivity index is 1.69. The summed E-state index contributed by atoms with van der Waals surface area (Å²) in [6.45, 7) is 4.68. The first kappa shape index (κ1) is 12.6. The quantitative estimate of drug-likeness (QED) is 0.896. The lowest BCUT2D eigenvalue weighted by atomic mass is 9.47. The fraction of sp³-hybridized carbons (Fsp3) is 0.765. The van der Waals surface area contributed by atoms with Crippen molar-refractivity contribution in [3.05, 3.63) is 18.1 Å². The average Bonchev–Trinajstić information content (AvgIpc) is 2.37. The van der Waals surface area contributed by atoms with Crippen molar-refractivity contribution in [3.8, 4) is 0 Å². The van der Waals surface area contributed by atoms with Gasteiger partial charge in [0.05, 0.1) is 0 Å². The molecular weight excluding hydrogens is 246 g/mol. The maximum Gasteiger partial charge on any atom is 0.136 e. The van der Waals surface area contributed by atoms with Gasteiger partial charge >= 0.3 is 0 Å². The van der Waals surface area contributed by atoms with Crippen LogP contribution in [0.2, 0.25) is 0 Å². The van der Waals surface area contributed by atoms with Gasteiger partial charge in [-0.25, -0.2) is 9.97 Å². The number of hydrogen-bond acceptors (Lipinski definition) is 3. The van der Waals surface area contributed by atoms with Crippen molar-refractivity contribution in [1.29, 1.82) is 0 Å². The molecule has 2 N–H and O–H groups in total. The molecule has 0 atom stereocenters. The average molecular weight is 271 g/mol. The van der Waals surface area contributed by atoms with E-state index in [1.807, 2.05) is 6.20 Å². The minimum Gasteiger partial charge on any atom is -0.384 e. The topological polar surface area (TPSA) is 51.8 Å².